The molecular formula is C15H23N3O3. The van der Waals surface area contributed by atoms with Crippen molar-refractivity contribution in [1.29, 1.82) is 0 Å². The molecule has 1 saturated heterocycles. The van der Waals surface area contributed by atoms with E-state index < -0.39 is 5.60 Å². The Kier molecular flexibility index (Phi) is 4.55. The van der Waals surface area contributed by atoms with Crippen LogP contribution in [0.4, 0.5) is 10.6 Å². The third-order valence-corrected chi connectivity index (χ3v) is 3.13. The average Bonchev–Trinajstić information content (AvgIpc) is 2.35. The van der Waals surface area contributed by atoms with Gasteiger partial charge in [0.2, 0.25) is 5.88 Å². The summed E-state index contributed by atoms with van der Waals surface area (Å²) >= 11 is 0. The van der Waals surface area contributed by atoms with Gasteiger partial charge in [-0.3, -0.25) is 0 Å². The van der Waals surface area contributed by atoms with Gasteiger partial charge in [-0.25, -0.2) is 4.79 Å². The third kappa shape index (κ3) is 4.51. The molecule has 0 unspecified atom stereocenters. The van der Waals surface area contributed by atoms with E-state index in [0.29, 0.717) is 18.3 Å². The van der Waals surface area contributed by atoms with Gasteiger partial charge in [0.15, 0.2) is 0 Å². The molecule has 6 nitrogen and oxygen atoms in total. The molecule has 6 heteroatoms. The monoisotopic (exact) mass is 293 g/mol. The number of rotatable bonds is 4. The first kappa shape index (κ1) is 15.4. The molecule has 0 aromatic carbocycles. The van der Waals surface area contributed by atoms with Crippen molar-refractivity contribution in [2.45, 2.75) is 26.4 Å². The summed E-state index contributed by atoms with van der Waals surface area (Å²) in [4.78, 5) is 18.1. The van der Waals surface area contributed by atoms with Crippen molar-refractivity contribution >= 4 is 11.9 Å². The number of nitrogens with zero attached hydrogens (tertiary/aromatic N) is 2. The molecule has 21 heavy (non-hydrogen) atoms. The van der Waals surface area contributed by atoms with Crippen LogP contribution in [0.25, 0.3) is 0 Å². The van der Waals surface area contributed by atoms with Gasteiger partial charge in [0.25, 0.3) is 0 Å². The molecule has 1 aromatic rings. The second kappa shape index (κ2) is 6.20. The standard InChI is InChI=1S/C15H23N3O3/c1-15(2,3)21-14(19)16-8-11-9-18(10-11)12-6-5-7-13(17-12)20-4/h5-7,11H,8-10H2,1-4H3,(H,16,19). The average molecular weight is 293 g/mol. The molecule has 0 spiro atoms. The van der Waals surface area contributed by atoms with E-state index in [-0.39, 0.29) is 6.09 Å². The maximum atomic E-state index is 11.6. The lowest BCUT2D eigenvalue weighted by atomic mass is 10.0. The Hall–Kier alpha value is -1.98. The van der Waals surface area contributed by atoms with Crippen LogP contribution in [0.1, 0.15) is 20.8 Å². The molecule has 1 aliphatic heterocycles. The predicted octanol–water partition coefficient (Wildman–Crippen LogP) is 2.05. The van der Waals surface area contributed by atoms with E-state index in [1.54, 1.807) is 7.11 Å². The van der Waals surface area contributed by atoms with Gasteiger partial charge in [0, 0.05) is 31.6 Å². The number of ether oxygens (including phenoxy) is 2. The largest absolute Gasteiger partial charge is 0.481 e. The van der Waals surface area contributed by atoms with E-state index in [2.05, 4.69) is 15.2 Å². The lowest BCUT2D eigenvalue weighted by Gasteiger charge is -2.40. The van der Waals surface area contributed by atoms with Crippen molar-refractivity contribution < 1.29 is 14.3 Å². The van der Waals surface area contributed by atoms with Gasteiger partial charge in [-0.1, -0.05) is 6.07 Å². The number of aromatic nitrogens is 1. The number of hydrogen-bond acceptors (Lipinski definition) is 5. The van der Waals surface area contributed by atoms with E-state index in [1.165, 1.54) is 0 Å². The fourth-order valence-electron chi connectivity index (χ4n) is 2.12. The Bertz CT molecular complexity index is 493. The molecule has 1 aliphatic rings. The van der Waals surface area contributed by atoms with Gasteiger partial charge in [0.05, 0.1) is 7.11 Å². The highest BCUT2D eigenvalue weighted by molar-refractivity contribution is 5.67. The lowest BCUT2D eigenvalue weighted by molar-refractivity contribution is 0.0516. The molecule has 1 N–H and O–H groups in total. The first-order chi connectivity index (χ1) is 9.87. The summed E-state index contributed by atoms with van der Waals surface area (Å²) in [5.41, 5.74) is -0.458. The van der Waals surface area contributed by atoms with Crippen molar-refractivity contribution in [3.05, 3.63) is 18.2 Å². The topological polar surface area (TPSA) is 63.7 Å². The fraction of sp³-hybridized carbons (Fsp3) is 0.600. The second-order valence-corrected chi connectivity index (χ2v) is 6.19. The molecule has 1 aromatic heterocycles. The fourth-order valence-corrected chi connectivity index (χ4v) is 2.12. The first-order valence-corrected chi connectivity index (χ1v) is 7.10. The minimum atomic E-state index is -0.458. The summed E-state index contributed by atoms with van der Waals surface area (Å²) in [6.45, 7) is 7.92. The molecule has 0 atom stereocenters. The number of pyridine rings is 1. The zero-order chi connectivity index (χ0) is 15.5. The Morgan fingerprint density at radius 1 is 1.43 bits per heavy atom. The zero-order valence-corrected chi connectivity index (χ0v) is 13.0. The summed E-state index contributed by atoms with van der Waals surface area (Å²) in [6.07, 6.45) is -0.361. The highest BCUT2D eigenvalue weighted by atomic mass is 16.6. The molecule has 1 amide bonds. The molecule has 1 fully saturated rings. The van der Waals surface area contributed by atoms with Crippen LogP contribution in [0.3, 0.4) is 0 Å². The highest BCUT2D eigenvalue weighted by Gasteiger charge is 2.28. The summed E-state index contributed by atoms with van der Waals surface area (Å²) in [7, 11) is 1.61. The molecule has 0 aliphatic carbocycles. The number of amides is 1. The predicted molar refractivity (Wildman–Crippen MR) is 80.7 cm³/mol. The molecule has 2 rings (SSSR count). The highest BCUT2D eigenvalue weighted by Crippen LogP contribution is 2.24. The number of anilines is 1. The van der Waals surface area contributed by atoms with Gasteiger partial charge in [-0.2, -0.15) is 4.98 Å². The van der Waals surface area contributed by atoms with E-state index in [1.807, 2.05) is 39.0 Å². The Balaban J connectivity index is 1.73. The van der Waals surface area contributed by atoms with Crippen molar-refractivity contribution in [3.8, 4) is 5.88 Å². The second-order valence-electron chi connectivity index (χ2n) is 6.19. The Labute approximate surface area is 125 Å². The van der Waals surface area contributed by atoms with Crippen LogP contribution in [0, 0.1) is 5.92 Å². The van der Waals surface area contributed by atoms with Crippen LogP contribution < -0.4 is 15.0 Å². The van der Waals surface area contributed by atoms with Crippen LogP contribution in [0.2, 0.25) is 0 Å². The van der Waals surface area contributed by atoms with Crippen LogP contribution in [-0.4, -0.2) is 43.4 Å². The summed E-state index contributed by atoms with van der Waals surface area (Å²) in [6, 6.07) is 5.71. The number of alkyl carbamates (subject to hydrolysis) is 1. The summed E-state index contributed by atoms with van der Waals surface area (Å²) < 4.78 is 10.3. The van der Waals surface area contributed by atoms with Crippen molar-refractivity contribution in [2.75, 3.05) is 31.6 Å². The van der Waals surface area contributed by atoms with Crippen LogP contribution in [0.5, 0.6) is 5.88 Å². The maximum absolute atomic E-state index is 11.6. The summed E-state index contributed by atoms with van der Waals surface area (Å²) in [5, 5.41) is 2.80. The van der Waals surface area contributed by atoms with Gasteiger partial charge in [0.1, 0.15) is 11.4 Å². The number of methoxy groups -OCH3 is 1. The van der Waals surface area contributed by atoms with Gasteiger partial charge in [-0.15, -0.1) is 0 Å². The minimum absolute atomic E-state index is 0.361. The van der Waals surface area contributed by atoms with E-state index in [4.69, 9.17) is 9.47 Å². The zero-order valence-electron chi connectivity index (χ0n) is 13.0. The van der Waals surface area contributed by atoms with E-state index in [9.17, 15) is 4.79 Å². The van der Waals surface area contributed by atoms with Crippen molar-refractivity contribution in [2.24, 2.45) is 5.92 Å². The van der Waals surface area contributed by atoms with E-state index >= 15 is 0 Å². The minimum Gasteiger partial charge on any atom is -0.481 e. The molecule has 0 saturated carbocycles. The van der Waals surface area contributed by atoms with Crippen LogP contribution in [0.15, 0.2) is 18.2 Å². The van der Waals surface area contributed by atoms with Gasteiger partial charge >= 0.3 is 6.09 Å². The van der Waals surface area contributed by atoms with Gasteiger partial charge < -0.3 is 19.7 Å². The number of nitrogens with one attached hydrogen (secondary N) is 1. The molecule has 2 heterocycles. The first-order valence-electron chi connectivity index (χ1n) is 7.10. The van der Waals surface area contributed by atoms with Crippen LogP contribution in [-0.2, 0) is 4.74 Å². The van der Waals surface area contributed by atoms with Crippen molar-refractivity contribution in [1.82, 2.24) is 10.3 Å². The normalized spacial score (nSPS) is 15.3. The lowest BCUT2D eigenvalue weighted by Crippen LogP contribution is -2.52. The number of hydrogen-bond donors (Lipinski definition) is 1. The van der Waals surface area contributed by atoms with Gasteiger partial charge in [-0.05, 0) is 26.8 Å². The van der Waals surface area contributed by atoms with Crippen LogP contribution >= 0.6 is 0 Å². The van der Waals surface area contributed by atoms with Crippen molar-refractivity contribution in [3.63, 3.8) is 0 Å². The smallest absolute Gasteiger partial charge is 0.407 e. The molecule has 0 radical (unpaired) electrons. The molecule has 0 bridgehead atoms. The maximum Gasteiger partial charge on any atom is 0.407 e. The number of carbonyl (C=O) groups is 1. The Morgan fingerprint density at radius 3 is 2.76 bits per heavy atom. The third-order valence-electron chi connectivity index (χ3n) is 3.13. The molecule has 116 valence electrons. The molecular weight excluding hydrogens is 270 g/mol. The number of carbonyl (C=O) groups excluding carboxylic acids is 1. The Morgan fingerprint density at radius 2 is 2.14 bits per heavy atom. The van der Waals surface area contributed by atoms with E-state index in [0.717, 1.165) is 18.9 Å². The quantitative estimate of drug-likeness (QED) is 0.920. The summed E-state index contributed by atoms with van der Waals surface area (Å²) in [5.74, 6) is 1.94. The SMILES string of the molecule is COc1cccc(N2CC(CNC(=O)OC(C)(C)C)C2)n1.